The second-order valence-electron chi connectivity index (χ2n) is 4.45. The quantitative estimate of drug-likeness (QED) is 0.578. The molecule has 1 rings (SSSR count). The van der Waals surface area contributed by atoms with Crippen LogP contribution in [0.5, 0.6) is 0 Å². The average molecular weight is 288 g/mol. The molecular formula is C13H28N2O3Si. The lowest BCUT2D eigenvalue weighted by atomic mass is 10.3. The molecule has 0 saturated carbocycles. The fourth-order valence-electron chi connectivity index (χ4n) is 2.38. The number of nitrogens with zero attached hydrogens (tertiary/aromatic N) is 2. The highest BCUT2D eigenvalue weighted by atomic mass is 28.4. The van der Waals surface area contributed by atoms with Crippen LogP contribution in [0.1, 0.15) is 34.1 Å². The molecule has 0 saturated heterocycles. The minimum atomic E-state index is -2.50. The highest BCUT2D eigenvalue weighted by Gasteiger charge is 2.41. The van der Waals surface area contributed by atoms with Gasteiger partial charge in [0.15, 0.2) is 0 Å². The lowest BCUT2D eigenvalue weighted by Gasteiger charge is -2.31. The first-order valence-corrected chi connectivity index (χ1v) is 9.32. The molecule has 1 atom stereocenters. The van der Waals surface area contributed by atoms with Crippen LogP contribution in [-0.2, 0) is 13.3 Å². The van der Waals surface area contributed by atoms with E-state index in [1.54, 1.807) is 0 Å². The minimum absolute atomic E-state index is 0.316. The molecule has 1 heterocycles. The first kappa shape index (κ1) is 16.8. The Kier molecular flexibility index (Phi) is 7.78. The molecule has 19 heavy (non-hydrogen) atoms. The first-order valence-electron chi connectivity index (χ1n) is 7.38. The summed E-state index contributed by atoms with van der Waals surface area (Å²) in [6.45, 7) is 11.9. The minimum Gasteiger partial charge on any atom is -0.374 e. The molecule has 1 aliphatic heterocycles. The highest BCUT2D eigenvalue weighted by molar-refractivity contribution is 6.60. The Morgan fingerprint density at radius 3 is 2.16 bits per heavy atom. The van der Waals surface area contributed by atoms with Crippen molar-refractivity contribution in [3.05, 3.63) is 0 Å². The third-order valence-electron chi connectivity index (χ3n) is 3.18. The Balaban J connectivity index is 2.55. The van der Waals surface area contributed by atoms with Crippen molar-refractivity contribution in [3.63, 3.8) is 0 Å². The van der Waals surface area contributed by atoms with Crippen LogP contribution in [-0.4, -0.2) is 59.0 Å². The van der Waals surface area contributed by atoms with Gasteiger partial charge in [0.1, 0.15) is 6.17 Å². The summed E-state index contributed by atoms with van der Waals surface area (Å²) in [7, 11) is -2.50. The lowest BCUT2D eigenvalue weighted by Crippen LogP contribution is -2.48. The fraction of sp³-hybridized carbons (Fsp3) is 0.923. The van der Waals surface area contributed by atoms with E-state index in [1.807, 2.05) is 27.0 Å². The molecule has 0 aromatic carbocycles. The third-order valence-corrected chi connectivity index (χ3v) is 6.20. The zero-order chi connectivity index (χ0) is 14.1. The largest absolute Gasteiger partial charge is 0.502 e. The Hall–Kier alpha value is -0.273. The van der Waals surface area contributed by atoms with Gasteiger partial charge in [0.25, 0.3) is 0 Å². The zero-order valence-corrected chi connectivity index (χ0v) is 13.7. The van der Waals surface area contributed by atoms with Crippen LogP contribution in [0.4, 0.5) is 0 Å². The van der Waals surface area contributed by atoms with E-state index in [2.05, 4.69) is 16.8 Å². The molecule has 112 valence electrons. The predicted octanol–water partition coefficient (Wildman–Crippen LogP) is 2.16. The van der Waals surface area contributed by atoms with Gasteiger partial charge < -0.3 is 13.3 Å². The van der Waals surface area contributed by atoms with Crippen molar-refractivity contribution >= 4 is 15.0 Å². The van der Waals surface area contributed by atoms with E-state index >= 15 is 0 Å². The topological polar surface area (TPSA) is 43.3 Å². The molecule has 0 aliphatic carbocycles. The maximum atomic E-state index is 5.87. The van der Waals surface area contributed by atoms with Crippen molar-refractivity contribution in [2.24, 2.45) is 4.99 Å². The van der Waals surface area contributed by atoms with Crippen molar-refractivity contribution in [2.75, 3.05) is 32.9 Å². The van der Waals surface area contributed by atoms with Crippen molar-refractivity contribution in [2.45, 2.75) is 46.3 Å². The van der Waals surface area contributed by atoms with Gasteiger partial charge in [-0.1, -0.05) is 6.92 Å². The Bertz CT molecular complexity index is 260. The maximum absolute atomic E-state index is 5.87. The van der Waals surface area contributed by atoms with Crippen molar-refractivity contribution in [1.82, 2.24) is 4.90 Å². The van der Waals surface area contributed by atoms with Crippen molar-refractivity contribution in [1.29, 1.82) is 0 Å². The van der Waals surface area contributed by atoms with E-state index in [9.17, 15) is 0 Å². The van der Waals surface area contributed by atoms with Crippen molar-refractivity contribution < 1.29 is 13.3 Å². The average Bonchev–Trinajstić information content (AvgIpc) is 2.85. The molecule has 6 heteroatoms. The third kappa shape index (κ3) is 4.96. The molecule has 5 nitrogen and oxygen atoms in total. The molecule has 0 fully saturated rings. The van der Waals surface area contributed by atoms with Gasteiger partial charge in [-0.3, -0.25) is 9.89 Å². The van der Waals surface area contributed by atoms with Gasteiger partial charge in [0.05, 0.1) is 0 Å². The van der Waals surface area contributed by atoms with E-state index in [0.717, 1.165) is 25.6 Å². The van der Waals surface area contributed by atoms with Gasteiger partial charge in [-0.2, -0.15) is 0 Å². The number of hydrogen-bond donors (Lipinski definition) is 0. The van der Waals surface area contributed by atoms with Gasteiger partial charge in [0.2, 0.25) is 0 Å². The van der Waals surface area contributed by atoms with Crippen LogP contribution in [0, 0.1) is 0 Å². The van der Waals surface area contributed by atoms with E-state index in [-0.39, 0.29) is 0 Å². The van der Waals surface area contributed by atoms with Crippen LogP contribution < -0.4 is 0 Å². The molecule has 1 aliphatic rings. The monoisotopic (exact) mass is 288 g/mol. The Morgan fingerprint density at radius 1 is 1.11 bits per heavy atom. The molecular weight excluding hydrogens is 260 g/mol. The maximum Gasteiger partial charge on any atom is 0.502 e. The summed E-state index contributed by atoms with van der Waals surface area (Å²) >= 11 is 0. The van der Waals surface area contributed by atoms with E-state index in [4.69, 9.17) is 13.3 Å². The molecule has 0 radical (unpaired) electrons. The van der Waals surface area contributed by atoms with Gasteiger partial charge in [-0.25, -0.2) is 0 Å². The standard InChI is InChI=1S/C13H28N2O3Si/c1-5-13-14-9-10-15(13)11-12-19(16-6-2,17-7-3)18-8-4/h9,13H,5-8,10-12H2,1-4H3. The van der Waals surface area contributed by atoms with Crippen LogP contribution in [0.3, 0.4) is 0 Å². The van der Waals surface area contributed by atoms with E-state index < -0.39 is 8.80 Å². The number of aliphatic imine (C=N–C) groups is 1. The number of hydrogen-bond acceptors (Lipinski definition) is 5. The molecule has 1 unspecified atom stereocenters. The van der Waals surface area contributed by atoms with Gasteiger partial charge in [-0.05, 0) is 27.2 Å². The Morgan fingerprint density at radius 2 is 1.68 bits per heavy atom. The zero-order valence-electron chi connectivity index (χ0n) is 12.7. The summed E-state index contributed by atoms with van der Waals surface area (Å²) in [4.78, 5) is 6.83. The summed E-state index contributed by atoms with van der Waals surface area (Å²) in [5.74, 6) is 0. The molecule has 0 bridgehead atoms. The predicted molar refractivity (Wildman–Crippen MR) is 79.6 cm³/mol. The summed E-state index contributed by atoms with van der Waals surface area (Å²) in [6, 6.07) is 0.836. The van der Waals surface area contributed by atoms with E-state index in [1.165, 1.54) is 0 Å². The summed E-state index contributed by atoms with van der Waals surface area (Å²) in [5.41, 5.74) is 0. The van der Waals surface area contributed by atoms with Crippen LogP contribution in [0.15, 0.2) is 4.99 Å². The molecule has 0 amide bonds. The van der Waals surface area contributed by atoms with Crippen LogP contribution >= 0.6 is 0 Å². The van der Waals surface area contributed by atoms with E-state index in [0.29, 0.717) is 26.0 Å². The molecule has 0 aromatic rings. The number of rotatable bonds is 10. The molecule has 0 spiro atoms. The smallest absolute Gasteiger partial charge is 0.374 e. The summed E-state index contributed by atoms with van der Waals surface area (Å²) < 4.78 is 17.6. The second kappa shape index (κ2) is 8.81. The summed E-state index contributed by atoms with van der Waals surface area (Å²) in [6.07, 6.45) is 3.36. The normalized spacial score (nSPS) is 20.3. The van der Waals surface area contributed by atoms with Crippen LogP contribution in [0.2, 0.25) is 6.04 Å². The van der Waals surface area contributed by atoms with Gasteiger partial charge >= 0.3 is 8.80 Å². The van der Waals surface area contributed by atoms with Gasteiger partial charge in [0, 0.05) is 45.2 Å². The summed E-state index contributed by atoms with van der Waals surface area (Å²) in [5, 5.41) is 0. The second-order valence-corrected chi connectivity index (χ2v) is 7.18. The van der Waals surface area contributed by atoms with Crippen molar-refractivity contribution in [3.8, 4) is 0 Å². The molecule has 0 N–H and O–H groups in total. The first-order chi connectivity index (χ1) is 9.21. The van der Waals surface area contributed by atoms with Gasteiger partial charge in [-0.15, -0.1) is 0 Å². The SMILES string of the molecule is CCO[Si](CCN1CC=NC1CC)(OCC)OCC. The van der Waals surface area contributed by atoms with Crippen LogP contribution in [0.25, 0.3) is 0 Å². The lowest BCUT2D eigenvalue weighted by molar-refractivity contribution is 0.0675. The molecule has 0 aromatic heterocycles. The highest BCUT2D eigenvalue weighted by Crippen LogP contribution is 2.19. The Labute approximate surface area is 118 Å². The fourth-order valence-corrected chi connectivity index (χ4v) is 4.94.